The summed E-state index contributed by atoms with van der Waals surface area (Å²) in [7, 11) is 0. The van der Waals surface area contributed by atoms with Crippen LogP contribution in [0.2, 0.25) is 0 Å². The Morgan fingerprint density at radius 3 is 2.55 bits per heavy atom. The van der Waals surface area contributed by atoms with Crippen molar-refractivity contribution in [3.05, 3.63) is 65.5 Å². The molecule has 1 spiro atoms. The predicted octanol–water partition coefficient (Wildman–Crippen LogP) is 2.31. The van der Waals surface area contributed by atoms with Crippen LogP contribution >= 0.6 is 0 Å². The average molecular weight is 454 g/mol. The second kappa shape index (κ2) is 9.21. The lowest BCUT2D eigenvalue weighted by Gasteiger charge is -2.40. The molecule has 2 aromatic rings. The molecule has 174 valence electrons. The number of amides is 2. The highest BCUT2D eigenvalue weighted by Crippen LogP contribution is 2.33. The van der Waals surface area contributed by atoms with Gasteiger partial charge in [-0.25, -0.2) is 4.39 Å². The van der Waals surface area contributed by atoms with Gasteiger partial charge in [0.05, 0.1) is 26.3 Å². The van der Waals surface area contributed by atoms with Gasteiger partial charge in [0, 0.05) is 37.4 Å². The number of morpholine rings is 2. The Hall–Kier alpha value is -2.81. The smallest absolute Gasteiger partial charge is 0.254 e. The molecule has 0 bridgehead atoms. The second-order valence-corrected chi connectivity index (χ2v) is 8.95. The van der Waals surface area contributed by atoms with Crippen molar-refractivity contribution in [3.8, 4) is 0 Å². The molecule has 3 saturated heterocycles. The van der Waals surface area contributed by atoms with Gasteiger partial charge in [-0.05, 0) is 42.3 Å². The fourth-order valence-corrected chi connectivity index (χ4v) is 4.87. The van der Waals surface area contributed by atoms with E-state index < -0.39 is 5.60 Å². The highest BCUT2D eigenvalue weighted by molar-refractivity contribution is 5.97. The number of nitrogens with zero attached hydrogens (tertiary/aromatic N) is 3. The quantitative estimate of drug-likeness (QED) is 0.711. The lowest BCUT2D eigenvalue weighted by atomic mass is 9.99. The van der Waals surface area contributed by atoms with Crippen molar-refractivity contribution in [2.45, 2.75) is 18.6 Å². The molecule has 5 rings (SSSR count). The lowest BCUT2D eigenvalue weighted by molar-refractivity contribution is -0.137. The average Bonchev–Trinajstić information content (AvgIpc) is 3.26. The summed E-state index contributed by atoms with van der Waals surface area (Å²) in [5.74, 6) is -0.514. The largest absolute Gasteiger partial charge is 0.379 e. The number of hydrogen-bond acceptors (Lipinski definition) is 5. The molecule has 3 aliphatic rings. The number of benzene rings is 2. The normalized spacial score (nSPS) is 24.0. The van der Waals surface area contributed by atoms with Crippen LogP contribution in [-0.2, 0) is 20.8 Å². The summed E-state index contributed by atoms with van der Waals surface area (Å²) in [6.07, 6.45) is 0.648. The van der Waals surface area contributed by atoms with Crippen LogP contribution in [-0.4, -0.2) is 79.8 Å². The second-order valence-electron chi connectivity index (χ2n) is 8.95. The standard InChI is InChI=1S/C25H28FN3O4/c26-20-5-7-21(8-6-20)29-18-25(33-16-23(29)30)9-10-28(17-25)24(31)22-4-2-1-3-19(22)15-27-11-13-32-14-12-27/h1-8H,9-18H2/t25-/m0/s1. The zero-order valence-corrected chi connectivity index (χ0v) is 18.5. The van der Waals surface area contributed by atoms with Gasteiger partial charge in [0.1, 0.15) is 18.0 Å². The summed E-state index contributed by atoms with van der Waals surface area (Å²) in [5.41, 5.74) is 1.75. The first kappa shape index (κ1) is 22.0. The molecular formula is C25H28FN3O4. The van der Waals surface area contributed by atoms with Gasteiger partial charge in [-0.2, -0.15) is 0 Å². The molecule has 1 atom stereocenters. The molecule has 0 aromatic heterocycles. The van der Waals surface area contributed by atoms with Gasteiger partial charge < -0.3 is 19.3 Å². The van der Waals surface area contributed by atoms with Crippen LogP contribution in [0.3, 0.4) is 0 Å². The van der Waals surface area contributed by atoms with E-state index in [-0.39, 0.29) is 24.2 Å². The van der Waals surface area contributed by atoms with E-state index >= 15 is 0 Å². The number of hydrogen-bond donors (Lipinski definition) is 0. The Labute approximate surface area is 192 Å². The molecular weight excluding hydrogens is 425 g/mol. The van der Waals surface area contributed by atoms with Crippen molar-refractivity contribution < 1.29 is 23.5 Å². The van der Waals surface area contributed by atoms with Gasteiger partial charge in [0.2, 0.25) is 0 Å². The minimum absolute atomic E-state index is 0.00966. The van der Waals surface area contributed by atoms with Gasteiger partial charge in [-0.15, -0.1) is 0 Å². The number of ether oxygens (including phenoxy) is 2. The summed E-state index contributed by atoms with van der Waals surface area (Å²) in [4.78, 5) is 31.8. The van der Waals surface area contributed by atoms with Gasteiger partial charge in [-0.3, -0.25) is 14.5 Å². The molecule has 3 fully saturated rings. The van der Waals surface area contributed by atoms with Crippen LogP contribution < -0.4 is 4.90 Å². The Balaban J connectivity index is 1.30. The molecule has 0 radical (unpaired) electrons. The van der Waals surface area contributed by atoms with Crippen LogP contribution in [0.25, 0.3) is 0 Å². The van der Waals surface area contributed by atoms with Crippen molar-refractivity contribution in [1.82, 2.24) is 9.80 Å². The number of carbonyl (C=O) groups excluding carboxylic acids is 2. The minimum Gasteiger partial charge on any atom is -0.379 e. The molecule has 0 saturated carbocycles. The maximum Gasteiger partial charge on any atom is 0.254 e. The Kier molecular flexibility index (Phi) is 6.14. The van der Waals surface area contributed by atoms with Gasteiger partial charge in [-0.1, -0.05) is 18.2 Å². The van der Waals surface area contributed by atoms with E-state index in [2.05, 4.69) is 4.90 Å². The summed E-state index contributed by atoms with van der Waals surface area (Å²) >= 11 is 0. The van der Waals surface area contributed by atoms with Crippen LogP contribution in [0.1, 0.15) is 22.3 Å². The number of halogens is 1. The molecule has 3 heterocycles. The summed E-state index contributed by atoms with van der Waals surface area (Å²) < 4.78 is 24.8. The van der Waals surface area contributed by atoms with Crippen LogP contribution in [0.5, 0.6) is 0 Å². The first-order chi connectivity index (χ1) is 16.0. The number of rotatable bonds is 4. The Morgan fingerprint density at radius 2 is 1.76 bits per heavy atom. The van der Waals surface area contributed by atoms with Crippen LogP contribution in [0.15, 0.2) is 48.5 Å². The number of anilines is 1. The Bertz CT molecular complexity index is 1020. The van der Waals surface area contributed by atoms with Crippen molar-refractivity contribution in [2.24, 2.45) is 0 Å². The van der Waals surface area contributed by atoms with E-state index in [1.807, 2.05) is 29.2 Å². The maximum absolute atomic E-state index is 13.5. The van der Waals surface area contributed by atoms with Crippen molar-refractivity contribution in [1.29, 1.82) is 0 Å². The zero-order valence-electron chi connectivity index (χ0n) is 18.5. The van der Waals surface area contributed by atoms with Crippen LogP contribution in [0, 0.1) is 5.82 Å². The highest BCUT2D eigenvalue weighted by atomic mass is 19.1. The summed E-state index contributed by atoms with van der Waals surface area (Å²) in [5, 5.41) is 0. The van der Waals surface area contributed by atoms with E-state index in [9.17, 15) is 14.0 Å². The molecule has 0 aliphatic carbocycles. The first-order valence-electron chi connectivity index (χ1n) is 11.4. The molecule has 0 N–H and O–H groups in total. The van der Waals surface area contributed by atoms with Gasteiger partial charge >= 0.3 is 0 Å². The summed E-state index contributed by atoms with van der Waals surface area (Å²) in [6.45, 7) is 5.14. The molecule has 0 unspecified atom stereocenters. The molecule has 7 nitrogen and oxygen atoms in total. The molecule has 2 amide bonds. The van der Waals surface area contributed by atoms with Gasteiger partial charge in [0.25, 0.3) is 11.8 Å². The predicted molar refractivity (Wildman–Crippen MR) is 120 cm³/mol. The number of carbonyl (C=O) groups is 2. The molecule has 2 aromatic carbocycles. The molecule has 8 heteroatoms. The van der Waals surface area contributed by atoms with E-state index in [4.69, 9.17) is 9.47 Å². The summed E-state index contributed by atoms with van der Waals surface area (Å²) in [6, 6.07) is 13.7. The number of likely N-dealkylation sites (tertiary alicyclic amines) is 1. The SMILES string of the molecule is O=C(c1ccccc1CN1CCOCC1)N1CC[C@]2(C1)CN(c1ccc(F)cc1)C(=O)CO2. The lowest BCUT2D eigenvalue weighted by Crippen LogP contribution is -2.56. The molecule has 3 aliphatic heterocycles. The third kappa shape index (κ3) is 4.64. The fourth-order valence-electron chi connectivity index (χ4n) is 4.87. The third-order valence-corrected chi connectivity index (χ3v) is 6.74. The van der Waals surface area contributed by atoms with Crippen molar-refractivity contribution in [3.63, 3.8) is 0 Å². The minimum atomic E-state index is -0.614. The maximum atomic E-state index is 13.5. The van der Waals surface area contributed by atoms with E-state index in [1.54, 1.807) is 17.0 Å². The van der Waals surface area contributed by atoms with E-state index in [0.717, 1.165) is 18.7 Å². The highest BCUT2D eigenvalue weighted by Gasteiger charge is 2.47. The fraction of sp³-hybridized carbons (Fsp3) is 0.440. The zero-order chi connectivity index (χ0) is 22.8. The third-order valence-electron chi connectivity index (χ3n) is 6.74. The monoisotopic (exact) mass is 453 g/mol. The Morgan fingerprint density at radius 1 is 1.00 bits per heavy atom. The first-order valence-corrected chi connectivity index (χ1v) is 11.4. The van der Waals surface area contributed by atoms with E-state index in [0.29, 0.717) is 57.1 Å². The van der Waals surface area contributed by atoms with Gasteiger partial charge in [0.15, 0.2) is 0 Å². The van der Waals surface area contributed by atoms with Crippen LogP contribution in [0.4, 0.5) is 10.1 Å². The topological polar surface area (TPSA) is 62.3 Å². The van der Waals surface area contributed by atoms with Crippen molar-refractivity contribution >= 4 is 17.5 Å². The van der Waals surface area contributed by atoms with Crippen molar-refractivity contribution in [2.75, 3.05) is 57.4 Å². The molecule has 33 heavy (non-hydrogen) atoms. The van der Waals surface area contributed by atoms with E-state index in [1.165, 1.54) is 12.1 Å².